The zero-order chi connectivity index (χ0) is 13.5. The normalized spacial score (nSPS) is 10.1. The monoisotopic (exact) mass is 247 g/mol. The second-order valence-electron chi connectivity index (χ2n) is 3.46. The van der Waals surface area contributed by atoms with Crippen LogP contribution in [0.2, 0.25) is 0 Å². The molecule has 0 radical (unpaired) electrons. The molecule has 0 bridgehead atoms. The van der Waals surface area contributed by atoms with Crippen molar-refractivity contribution in [3.05, 3.63) is 47.5 Å². The van der Waals surface area contributed by atoms with Crippen LogP contribution in [-0.2, 0) is 9.59 Å². The smallest absolute Gasteiger partial charge is 0.269 e. The Kier molecular flexibility index (Phi) is 4.62. The van der Waals surface area contributed by atoms with E-state index in [1.54, 1.807) is 24.3 Å². The van der Waals surface area contributed by atoms with Crippen LogP contribution in [0.5, 0.6) is 0 Å². The van der Waals surface area contributed by atoms with Crippen LogP contribution in [0.3, 0.4) is 0 Å². The van der Waals surface area contributed by atoms with Crippen LogP contribution in [-0.4, -0.2) is 17.8 Å². The summed E-state index contributed by atoms with van der Waals surface area (Å²) >= 11 is 0. The standard InChI is InChI=1S/C12H12N2O4/c1-8-2-4-9(5-3-8)12(18)14-13-10(15)6-7-11(16)17/h2-7H,1H3,(H,13,15)(H,14,18)(H,16,17)/p-1. The highest BCUT2D eigenvalue weighted by atomic mass is 16.4. The number of carboxylic acid groups (broad SMARTS) is 1. The van der Waals surface area contributed by atoms with Gasteiger partial charge in [0.25, 0.3) is 11.8 Å². The first-order valence-electron chi connectivity index (χ1n) is 5.05. The first-order chi connectivity index (χ1) is 8.49. The molecular weight excluding hydrogens is 236 g/mol. The summed E-state index contributed by atoms with van der Waals surface area (Å²) in [6.07, 6.45) is 1.30. The van der Waals surface area contributed by atoms with Crippen molar-refractivity contribution in [2.45, 2.75) is 6.92 Å². The maximum atomic E-state index is 11.5. The number of aliphatic carboxylic acids is 1. The van der Waals surface area contributed by atoms with E-state index >= 15 is 0 Å². The van der Waals surface area contributed by atoms with Crippen molar-refractivity contribution < 1.29 is 19.5 Å². The number of rotatable bonds is 3. The molecule has 0 spiro atoms. The molecule has 1 rings (SSSR count). The van der Waals surface area contributed by atoms with Gasteiger partial charge in [-0.05, 0) is 25.1 Å². The number of carbonyl (C=O) groups excluding carboxylic acids is 3. The van der Waals surface area contributed by atoms with Crippen molar-refractivity contribution >= 4 is 17.8 Å². The van der Waals surface area contributed by atoms with E-state index in [0.29, 0.717) is 11.6 Å². The van der Waals surface area contributed by atoms with Crippen LogP contribution in [0.15, 0.2) is 36.4 Å². The largest absolute Gasteiger partial charge is 0.545 e. The number of benzene rings is 1. The van der Waals surface area contributed by atoms with Gasteiger partial charge in [-0.2, -0.15) is 0 Å². The summed E-state index contributed by atoms with van der Waals surface area (Å²) in [5, 5.41) is 10.0. The minimum atomic E-state index is -1.49. The van der Waals surface area contributed by atoms with Crippen LogP contribution >= 0.6 is 0 Å². The van der Waals surface area contributed by atoms with Gasteiger partial charge in [-0.25, -0.2) is 0 Å². The van der Waals surface area contributed by atoms with Crippen LogP contribution in [0.4, 0.5) is 0 Å². The number of amides is 2. The van der Waals surface area contributed by atoms with E-state index in [2.05, 4.69) is 5.43 Å². The van der Waals surface area contributed by atoms with E-state index in [1.165, 1.54) is 0 Å². The second kappa shape index (κ2) is 6.19. The molecule has 0 aliphatic heterocycles. The van der Waals surface area contributed by atoms with E-state index in [-0.39, 0.29) is 0 Å². The fraction of sp³-hybridized carbons (Fsp3) is 0.0833. The number of hydrazine groups is 1. The molecule has 0 saturated heterocycles. The predicted molar refractivity (Wildman–Crippen MR) is 60.9 cm³/mol. The van der Waals surface area contributed by atoms with Gasteiger partial charge in [0.15, 0.2) is 0 Å². The van der Waals surface area contributed by atoms with Gasteiger partial charge in [0.2, 0.25) is 0 Å². The van der Waals surface area contributed by atoms with E-state index in [4.69, 9.17) is 0 Å². The van der Waals surface area contributed by atoms with Crippen molar-refractivity contribution in [1.82, 2.24) is 10.9 Å². The van der Waals surface area contributed by atoms with E-state index < -0.39 is 17.8 Å². The zero-order valence-corrected chi connectivity index (χ0v) is 9.60. The van der Waals surface area contributed by atoms with Gasteiger partial charge in [0, 0.05) is 11.6 Å². The van der Waals surface area contributed by atoms with Gasteiger partial charge in [-0.15, -0.1) is 0 Å². The van der Waals surface area contributed by atoms with E-state index in [1.807, 2.05) is 12.3 Å². The fourth-order valence-electron chi connectivity index (χ4n) is 1.08. The Balaban J connectivity index is 2.49. The van der Waals surface area contributed by atoms with E-state index in [0.717, 1.165) is 11.6 Å². The highest BCUT2D eigenvalue weighted by molar-refractivity contribution is 5.98. The van der Waals surface area contributed by atoms with Gasteiger partial charge < -0.3 is 9.90 Å². The summed E-state index contributed by atoms with van der Waals surface area (Å²) in [6.45, 7) is 1.88. The molecule has 1 aromatic rings. The van der Waals surface area contributed by atoms with Crippen LogP contribution < -0.4 is 16.0 Å². The summed E-state index contributed by atoms with van der Waals surface area (Å²) in [7, 11) is 0. The molecule has 0 atom stereocenters. The number of carboxylic acids is 1. The quantitative estimate of drug-likeness (QED) is 0.532. The lowest BCUT2D eigenvalue weighted by atomic mass is 10.1. The molecule has 0 aliphatic rings. The first kappa shape index (κ1) is 13.4. The molecule has 0 unspecified atom stereocenters. The summed E-state index contributed by atoms with van der Waals surface area (Å²) in [6, 6.07) is 6.72. The summed E-state index contributed by atoms with van der Waals surface area (Å²) in [5.41, 5.74) is 5.56. The number of nitrogens with one attached hydrogen (secondary N) is 2. The summed E-state index contributed by atoms with van der Waals surface area (Å²) in [4.78, 5) is 32.6. The Morgan fingerprint density at radius 2 is 1.67 bits per heavy atom. The summed E-state index contributed by atoms with van der Waals surface area (Å²) in [5.74, 6) is -2.75. The number of hydrogen-bond acceptors (Lipinski definition) is 4. The Morgan fingerprint density at radius 1 is 1.06 bits per heavy atom. The molecule has 0 aromatic heterocycles. The molecule has 6 nitrogen and oxygen atoms in total. The highest BCUT2D eigenvalue weighted by Crippen LogP contribution is 2.02. The number of aryl methyl sites for hydroxylation is 1. The number of hydrogen-bond donors (Lipinski definition) is 2. The van der Waals surface area contributed by atoms with Crippen molar-refractivity contribution in [3.8, 4) is 0 Å². The number of carbonyl (C=O) groups is 3. The lowest BCUT2D eigenvalue weighted by Crippen LogP contribution is -2.41. The van der Waals surface area contributed by atoms with Crippen molar-refractivity contribution in [2.75, 3.05) is 0 Å². The van der Waals surface area contributed by atoms with Crippen LogP contribution in [0.1, 0.15) is 15.9 Å². The van der Waals surface area contributed by atoms with Crippen molar-refractivity contribution in [2.24, 2.45) is 0 Å². The molecule has 1 aromatic carbocycles. The minimum absolute atomic E-state index is 0.379. The fourth-order valence-corrected chi connectivity index (χ4v) is 1.08. The average Bonchev–Trinajstić information content (AvgIpc) is 2.34. The third-order valence-corrected chi connectivity index (χ3v) is 1.98. The van der Waals surface area contributed by atoms with Gasteiger partial charge in [-0.1, -0.05) is 17.7 Å². The van der Waals surface area contributed by atoms with Gasteiger partial charge in [0.05, 0.1) is 5.97 Å². The molecular formula is C12H11N2O4-. The highest BCUT2D eigenvalue weighted by Gasteiger charge is 2.04. The van der Waals surface area contributed by atoms with Crippen molar-refractivity contribution in [1.29, 1.82) is 0 Å². The second-order valence-corrected chi connectivity index (χ2v) is 3.46. The van der Waals surface area contributed by atoms with Gasteiger partial charge in [0.1, 0.15) is 0 Å². The van der Waals surface area contributed by atoms with E-state index in [9.17, 15) is 19.5 Å². The Morgan fingerprint density at radius 3 is 2.22 bits per heavy atom. The SMILES string of the molecule is Cc1ccc(C(=O)NNC(=O)C=CC(=O)[O-])cc1. The zero-order valence-electron chi connectivity index (χ0n) is 9.60. The Labute approximate surface area is 103 Å². The molecule has 0 saturated carbocycles. The van der Waals surface area contributed by atoms with Crippen LogP contribution in [0, 0.1) is 6.92 Å². The molecule has 2 amide bonds. The topological polar surface area (TPSA) is 98.3 Å². The third-order valence-electron chi connectivity index (χ3n) is 1.98. The maximum absolute atomic E-state index is 11.5. The molecule has 6 heteroatoms. The molecule has 2 N–H and O–H groups in total. The first-order valence-corrected chi connectivity index (χ1v) is 5.05. The summed E-state index contributed by atoms with van der Waals surface area (Å²) < 4.78 is 0. The minimum Gasteiger partial charge on any atom is -0.545 e. The average molecular weight is 247 g/mol. The Hall–Kier alpha value is -2.63. The molecule has 0 aliphatic carbocycles. The van der Waals surface area contributed by atoms with Gasteiger partial charge in [-0.3, -0.25) is 20.4 Å². The third kappa shape index (κ3) is 4.48. The molecule has 0 fully saturated rings. The lowest BCUT2D eigenvalue weighted by molar-refractivity contribution is -0.297. The lowest BCUT2D eigenvalue weighted by Gasteiger charge is -2.05. The molecule has 94 valence electrons. The van der Waals surface area contributed by atoms with Crippen molar-refractivity contribution in [3.63, 3.8) is 0 Å². The molecule has 18 heavy (non-hydrogen) atoms. The Bertz CT molecular complexity index is 491. The van der Waals surface area contributed by atoms with Crippen LogP contribution in [0.25, 0.3) is 0 Å². The predicted octanol–water partition coefficient (Wildman–Crippen LogP) is -0.938. The molecule has 0 heterocycles. The maximum Gasteiger partial charge on any atom is 0.269 e. The van der Waals surface area contributed by atoms with Gasteiger partial charge >= 0.3 is 0 Å².